The predicted molar refractivity (Wildman–Crippen MR) is 102 cm³/mol. The minimum absolute atomic E-state index is 0.189. The molecule has 0 aliphatic carbocycles. The fourth-order valence-electron chi connectivity index (χ4n) is 3.53. The fraction of sp³-hybridized carbons (Fsp3) is 0.833. The first-order valence-corrected chi connectivity index (χ1v) is 9.75. The van der Waals surface area contributed by atoms with E-state index in [0.29, 0.717) is 19.3 Å². The zero-order valence-electron chi connectivity index (χ0n) is 16.5. The predicted octanol–water partition coefficient (Wildman–Crippen LogP) is 0.172. The molecular formula is C18H33N3O6. The van der Waals surface area contributed by atoms with E-state index in [9.17, 15) is 29.7 Å². The van der Waals surface area contributed by atoms with E-state index in [1.54, 1.807) is 0 Å². The van der Waals surface area contributed by atoms with Gasteiger partial charge in [0.05, 0.1) is 0 Å². The smallest absolute Gasteiger partial charge is 0.336 e. The molecule has 0 spiro atoms. The van der Waals surface area contributed by atoms with Crippen molar-refractivity contribution < 1.29 is 15.3 Å². The van der Waals surface area contributed by atoms with E-state index in [-0.39, 0.29) is 39.1 Å². The van der Waals surface area contributed by atoms with Gasteiger partial charge in [0, 0.05) is 37.9 Å². The highest BCUT2D eigenvalue weighted by Gasteiger charge is 2.26. The molecule has 0 aliphatic heterocycles. The van der Waals surface area contributed by atoms with Crippen molar-refractivity contribution in [3.8, 4) is 0 Å². The summed E-state index contributed by atoms with van der Waals surface area (Å²) in [5, 5.41) is 28.0. The second-order valence-corrected chi connectivity index (χ2v) is 6.68. The van der Waals surface area contributed by atoms with E-state index in [0.717, 1.165) is 13.7 Å². The number of hydrogen-bond donors (Lipinski definition) is 3. The van der Waals surface area contributed by atoms with Crippen molar-refractivity contribution in [3.05, 3.63) is 31.5 Å². The zero-order valence-corrected chi connectivity index (χ0v) is 16.5. The first kappa shape index (κ1) is 23.3. The van der Waals surface area contributed by atoms with Gasteiger partial charge in [0.15, 0.2) is 0 Å². The summed E-state index contributed by atoms with van der Waals surface area (Å²) in [7, 11) is 0. The molecule has 156 valence electrons. The summed E-state index contributed by atoms with van der Waals surface area (Å²) < 4.78 is 3.16. The average molecular weight is 387 g/mol. The first-order valence-electron chi connectivity index (χ1n) is 9.75. The molecular weight excluding hydrogens is 354 g/mol. The Morgan fingerprint density at radius 2 is 0.815 bits per heavy atom. The Bertz CT molecular complexity index is 621. The molecule has 27 heavy (non-hydrogen) atoms. The highest BCUT2D eigenvalue weighted by molar-refractivity contribution is 4.88. The van der Waals surface area contributed by atoms with Gasteiger partial charge in [-0.15, -0.1) is 0 Å². The van der Waals surface area contributed by atoms with Gasteiger partial charge in [-0.25, -0.2) is 28.1 Å². The number of hydrogen-bond acceptors (Lipinski definition) is 6. The molecule has 0 saturated heterocycles. The van der Waals surface area contributed by atoms with Gasteiger partial charge in [-0.1, -0.05) is 20.8 Å². The third-order valence-electron chi connectivity index (χ3n) is 5.13. The Morgan fingerprint density at radius 3 is 0.963 bits per heavy atom. The number of aromatic nitrogens is 3. The van der Waals surface area contributed by atoms with E-state index in [1.165, 1.54) is 0 Å². The second kappa shape index (κ2) is 11.2. The van der Waals surface area contributed by atoms with E-state index < -0.39 is 35.2 Å². The van der Waals surface area contributed by atoms with Crippen LogP contribution < -0.4 is 17.1 Å². The third kappa shape index (κ3) is 4.97. The molecule has 9 heteroatoms. The van der Waals surface area contributed by atoms with Crippen molar-refractivity contribution in [2.45, 2.75) is 77.4 Å². The Kier molecular flexibility index (Phi) is 9.68. The lowest BCUT2D eigenvalue weighted by Crippen LogP contribution is -2.57. The molecule has 3 atom stereocenters. The molecule has 0 amide bonds. The van der Waals surface area contributed by atoms with Crippen LogP contribution in [0.3, 0.4) is 0 Å². The van der Waals surface area contributed by atoms with Crippen molar-refractivity contribution in [3.63, 3.8) is 0 Å². The van der Waals surface area contributed by atoms with Crippen LogP contribution in [0.2, 0.25) is 0 Å². The quantitative estimate of drug-likeness (QED) is 0.469. The van der Waals surface area contributed by atoms with Gasteiger partial charge in [-0.3, -0.25) is 0 Å². The average Bonchev–Trinajstić information content (AvgIpc) is 2.65. The summed E-state index contributed by atoms with van der Waals surface area (Å²) >= 11 is 0. The van der Waals surface area contributed by atoms with Crippen molar-refractivity contribution in [1.29, 1.82) is 0 Å². The Balaban J connectivity index is 3.90. The fourth-order valence-corrected chi connectivity index (χ4v) is 3.53. The van der Waals surface area contributed by atoms with Crippen molar-refractivity contribution in [1.82, 2.24) is 13.7 Å². The second-order valence-electron chi connectivity index (χ2n) is 6.68. The van der Waals surface area contributed by atoms with Crippen molar-refractivity contribution in [2.24, 2.45) is 0 Å². The van der Waals surface area contributed by atoms with Gasteiger partial charge in [-0.05, 0) is 38.5 Å². The van der Waals surface area contributed by atoms with Crippen LogP contribution in [0.4, 0.5) is 0 Å². The Morgan fingerprint density at radius 1 is 0.593 bits per heavy atom. The number of aliphatic hydroxyl groups is 3. The van der Waals surface area contributed by atoms with Crippen LogP contribution in [0.5, 0.6) is 0 Å². The van der Waals surface area contributed by atoms with Crippen LogP contribution in [0.1, 0.15) is 77.4 Å². The van der Waals surface area contributed by atoms with Crippen LogP contribution in [-0.2, 0) is 0 Å². The van der Waals surface area contributed by atoms with Crippen LogP contribution >= 0.6 is 0 Å². The highest BCUT2D eigenvalue weighted by Crippen LogP contribution is 2.16. The minimum Gasteiger partial charge on any atom is -0.396 e. The van der Waals surface area contributed by atoms with E-state index in [1.807, 2.05) is 20.8 Å². The monoisotopic (exact) mass is 387 g/mol. The standard InChI is InChI=1S/C18H33N3O6/c1-4-13(7-10-22)19-16(25)20(14(5-2)8-11-23)18(27)21(17(19)26)15(6-3)9-12-24/h13-15,22-24H,4-12H2,1-3H3. The van der Waals surface area contributed by atoms with Crippen molar-refractivity contribution >= 4 is 0 Å². The van der Waals surface area contributed by atoms with E-state index >= 15 is 0 Å². The summed E-state index contributed by atoms with van der Waals surface area (Å²) in [5.41, 5.74) is -2.12. The molecule has 0 bridgehead atoms. The lowest BCUT2D eigenvalue weighted by atomic mass is 10.1. The molecule has 0 radical (unpaired) electrons. The molecule has 0 aliphatic rings. The van der Waals surface area contributed by atoms with Crippen LogP contribution in [-0.4, -0.2) is 48.8 Å². The maximum absolute atomic E-state index is 13.1. The maximum Gasteiger partial charge on any atom is 0.336 e. The summed E-state index contributed by atoms with van der Waals surface area (Å²) in [4.78, 5) is 39.2. The normalized spacial score (nSPS) is 14.9. The van der Waals surface area contributed by atoms with Gasteiger partial charge in [-0.2, -0.15) is 0 Å². The lowest BCUT2D eigenvalue weighted by molar-refractivity contribution is 0.215. The van der Waals surface area contributed by atoms with Crippen molar-refractivity contribution in [2.75, 3.05) is 19.8 Å². The van der Waals surface area contributed by atoms with E-state index in [2.05, 4.69) is 0 Å². The zero-order chi connectivity index (χ0) is 20.6. The topological polar surface area (TPSA) is 127 Å². The molecule has 0 aromatic carbocycles. The Labute approximate surface area is 158 Å². The first-order chi connectivity index (χ1) is 12.9. The molecule has 9 nitrogen and oxygen atoms in total. The lowest BCUT2D eigenvalue weighted by Gasteiger charge is -2.25. The highest BCUT2D eigenvalue weighted by atomic mass is 16.3. The third-order valence-corrected chi connectivity index (χ3v) is 5.13. The molecule has 1 aromatic heterocycles. The SMILES string of the molecule is CCC(CCO)n1c(=O)n(C(CC)CCO)c(=O)n(C(CC)CCO)c1=O. The van der Waals surface area contributed by atoms with Crippen LogP contribution in [0, 0.1) is 0 Å². The van der Waals surface area contributed by atoms with Gasteiger partial charge in [0.2, 0.25) is 0 Å². The van der Waals surface area contributed by atoms with Gasteiger partial charge in [0.1, 0.15) is 0 Å². The summed E-state index contributed by atoms with van der Waals surface area (Å²) in [5.74, 6) is 0. The summed E-state index contributed by atoms with van der Waals surface area (Å²) in [6.07, 6.45) is 2.00. The van der Waals surface area contributed by atoms with Crippen LogP contribution in [0.15, 0.2) is 14.4 Å². The van der Waals surface area contributed by atoms with Gasteiger partial charge in [0.25, 0.3) is 0 Å². The largest absolute Gasteiger partial charge is 0.396 e. The molecule has 0 fully saturated rings. The summed E-state index contributed by atoms with van der Waals surface area (Å²) in [6, 6.07) is -1.61. The molecule has 3 unspecified atom stereocenters. The molecule has 1 heterocycles. The molecule has 3 N–H and O–H groups in total. The number of nitrogens with zero attached hydrogens (tertiary/aromatic N) is 3. The van der Waals surface area contributed by atoms with Gasteiger partial charge >= 0.3 is 17.1 Å². The van der Waals surface area contributed by atoms with Crippen LogP contribution in [0.25, 0.3) is 0 Å². The molecule has 1 aromatic rings. The Hall–Kier alpha value is -1.71. The number of aliphatic hydroxyl groups excluding tert-OH is 3. The number of rotatable bonds is 12. The molecule has 1 rings (SSSR count). The maximum atomic E-state index is 13.1. The van der Waals surface area contributed by atoms with E-state index in [4.69, 9.17) is 0 Å². The minimum atomic E-state index is -0.708. The van der Waals surface area contributed by atoms with Gasteiger partial charge < -0.3 is 15.3 Å². The molecule has 0 saturated carbocycles. The summed E-state index contributed by atoms with van der Waals surface area (Å²) in [6.45, 7) is 4.85.